The number of esters is 1. The molecule has 4 amide bonds. The van der Waals surface area contributed by atoms with Gasteiger partial charge in [-0.25, -0.2) is 4.98 Å². The number of thiophene rings is 1. The van der Waals surface area contributed by atoms with E-state index in [1.54, 1.807) is 22.7 Å². The van der Waals surface area contributed by atoms with Crippen molar-refractivity contribution in [1.82, 2.24) is 40.2 Å². The van der Waals surface area contributed by atoms with Crippen LogP contribution in [0.15, 0.2) is 77.2 Å². The number of aliphatic imine (C=N–C) groups is 1. The number of nitrogens with zero attached hydrogens (tertiary/aromatic N) is 7. The Hall–Kier alpha value is -6.89. The number of ether oxygens (including phenoxy) is 1. The highest BCUT2D eigenvalue weighted by atomic mass is 32.1. The molecule has 3 N–H and O–H groups in total. The van der Waals surface area contributed by atoms with Crippen LogP contribution in [0.4, 0.5) is 0 Å². The molecule has 6 aromatic rings. The molecule has 16 nitrogen and oxygen atoms in total. The third-order valence-corrected chi connectivity index (χ3v) is 16.2. The molecule has 0 unspecified atom stereocenters. The zero-order valence-corrected chi connectivity index (χ0v) is 43.5. The first-order valence-electron chi connectivity index (χ1n) is 24.1. The quantitative estimate of drug-likeness (QED) is 0.106. The first kappa shape index (κ1) is 50.1. The van der Waals surface area contributed by atoms with Crippen LogP contribution in [0.25, 0.3) is 26.6 Å². The summed E-state index contributed by atoms with van der Waals surface area (Å²) in [6.45, 7) is 15.3. The van der Waals surface area contributed by atoms with Gasteiger partial charge in [-0.2, -0.15) is 0 Å². The summed E-state index contributed by atoms with van der Waals surface area (Å²) in [5, 5.41) is 26.5. The first-order chi connectivity index (χ1) is 34.3. The van der Waals surface area contributed by atoms with Gasteiger partial charge in [0.05, 0.1) is 54.0 Å². The number of hydrogen-bond acceptors (Lipinski definition) is 13. The highest BCUT2D eigenvalue weighted by Crippen LogP contribution is 2.40. The highest BCUT2D eigenvalue weighted by Gasteiger charge is 2.45. The van der Waals surface area contributed by atoms with E-state index >= 15 is 0 Å². The summed E-state index contributed by atoms with van der Waals surface area (Å²) in [7, 11) is 1.36. The molecule has 9 rings (SSSR count). The minimum absolute atomic E-state index is 0.00334. The lowest BCUT2D eigenvalue weighted by Crippen LogP contribution is -2.59. The molecular formula is C54H59N9O7S2. The van der Waals surface area contributed by atoms with Crippen molar-refractivity contribution in [2.24, 2.45) is 10.4 Å². The summed E-state index contributed by atoms with van der Waals surface area (Å²) in [4.78, 5) is 83.6. The zero-order valence-electron chi connectivity index (χ0n) is 41.9. The van der Waals surface area contributed by atoms with Crippen molar-refractivity contribution in [3.63, 3.8) is 0 Å². The summed E-state index contributed by atoms with van der Waals surface area (Å²) in [5.41, 5.74) is 10.6. The monoisotopic (exact) mass is 1010 g/mol. The number of β-amino-alcohol motifs (C(OH)–C–C–N with tert-alkyl or cyclic N) is 1. The molecule has 374 valence electrons. The number of thiazole rings is 1. The number of hydrogen-bond donors (Lipinski definition) is 3. The fraction of sp³-hybridized carbons (Fsp3) is 0.389. The van der Waals surface area contributed by atoms with Gasteiger partial charge in [0.25, 0.3) is 5.91 Å². The van der Waals surface area contributed by atoms with E-state index in [2.05, 4.69) is 39.7 Å². The number of carbonyl (C=O) groups excluding carboxylic acids is 5. The molecule has 0 radical (unpaired) electrons. The average molecular weight is 1010 g/mol. The first-order valence-corrected chi connectivity index (χ1v) is 25.8. The Bertz CT molecular complexity index is 3130. The number of fused-ring (bicyclic) bond motifs is 4. The maximum absolute atomic E-state index is 14.4. The fourth-order valence-corrected chi connectivity index (χ4v) is 11.9. The second-order valence-electron chi connectivity index (χ2n) is 20.0. The summed E-state index contributed by atoms with van der Waals surface area (Å²) in [6.07, 6.45) is -0.336. The normalized spacial score (nSPS) is 18.3. The molecule has 3 aliphatic rings. The molecule has 1 fully saturated rings. The lowest BCUT2D eigenvalue weighted by Gasteiger charge is -2.36. The second-order valence-corrected chi connectivity index (χ2v) is 22.0. The van der Waals surface area contributed by atoms with Crippen LogP contribution in [0.3, 0.4) is 0 Å². The Morgan fingerprint density at radius 1 is 0.917 bits per heavy atom. The SMILES string of the molecule is COC(=O)C[C@@H]1N=C(c2ccc(-c3ccc4c(c3)C(=O)N(CC(=O)N[C@H](C(=O)N3C[C@H](O)C[C@H]3C(=O)N[C@@H](C)c3ccc(-c5scnc5C)cc3)C(C)(C)C)CC4)cc2)c2c(sc(C)c2C)-n2c(C)nnc21. The van der Waals surface area contributed by atoms with Gasteiger partial charge in [-0.1, -0.05) is 81.4 Å². The predicted octanol–water partition coefficient (Wildman–Crippen LogP) is 7.18. The van der Waals surface area contributed by atoms with Crippen molar-refractivity contribution in [1.29, 1.82) is 0 Å². The molecule has 1 saturated heterocycles. The number of aryl methyl sites for hydroxylation is 3. The molecular weight excluding hydrogens is 951 g/mol. The van der Waals surface area contributed by atoms with E-state index in [0.717, 1.165) is 70.7 Å². The minimum Gasteiger partial charge on any atom is -0.469 e. The van der Waals surface area contributed by atoms with Gasteiger partial charge in [0, 0.05) is 41.1 Å². The largest absolute Gasteiger partial charge is 0.469 e. The van der Waals surface area contributed by atoms with Gasteiger partial charge in [-0.15, -0.1) is 32.9 Å². The molecule has 72 heavy (non-hydrogen) atoms. The molecule has 3 aromatic carbocycles. The van der Waals surface area contributed by atoms with Gasteiger partial charge in [0.2, 0.25) is 17.7 Å². The van der Waals surface area contributed by atoms with E-state index in [1.165, 1.54) is 16.9 Å². The van der Waals surface area contributed by atoms with Crippen molar-refractivity contribution in [2.45, 2.75) is 105 Å². The van der Waals surface area contributed by atoms with Crippen molar-refractivity contribution >= 4 is 58.0 Å². The topological polar surface area (TPSA) is 201 Å². The van der Waals surface area contributed by atoms with Crippen LogP contribution in [0, 0.1) is 33.1 Å². The van der Waals surface area contributed by atoms with Crippen molar-refractivity contribution < 1.29 is 33.8 Å². The Morgan fingerprint density at radius 2 is 1.61 bits per heavy atom. The lowest BCUT2D eigenvalue weighted by molar-refractivity contribution is -0.144. The van der Waals surface area contributed by atoms with Crippen LogP contribution in [0.2, 0.25) is 0 Å². The number of likely N-dealkylation sites (tertiary alicyclic amines) is 1. The number of rotatable bonds is 12. The Labute approximate surface area is 426 Å². The molecule has 18 heteroatoms. The number of benzene rings is 3. The number of aliphatic hydroxyl groups is 1. The Kier molecular flexibility index (Phi) is 13.9. The van der Waals surface area contributed by atoms with E-state index in [4.69, 9.17) is 9.73 Å². The standard InChI is InChI=1S/C54H59N9O7S2/c1-28-31(4)72-53-45(28)46(57-41(24-44(66)70-9)49-60-59-32(5)63(49)53)36-15-12-34(13-16-36)38-19-14-35-20-21-61(51(68)40(35)22-38)26-43(65)58-48(54(6,7)8)52(69)62-25-39(64)23-42(62)50(67)56-29(2)33-10-17-37(18-11-33)47-30(3)55-27-71-47/h10-19,22,27,29,39,41-42,48,64H,20-21,23-26H2,1-9H3,(H,56,67)(H,58,65)/t29-,39+,41-,42-,48+/m0/s1. The summed E-state index contributed by atoms with van der Waals surface area (Å²) in [6, 6.07) is 18.6. The van der Waals surface area contributed by atoms with Gasteiger partial charge in [-0.3, -0.25) is 33.5 Å². The smallest absolute Gasteiger partial charge is 0.308 e. The van der Waals surface area contributed by atoms with Crippen molar-refractivity contribution in [2.75, 3.05) is 26.7 Å². The minimum atomic E-state index is -1.06. The average Bonchev–Trinajstić information content (AvgIpc) is 4.13. The van der Waals surface area contributed by atoms with E-state index < -0.39 is 53.3 Å². The highest BCUT2D eigenvalue weighted by molar-refractivity contribution is 7.15. The van der Waals surface area contributed by atoms with Crippen LogP contribution >= 0.6 is 22.7 Å². The van der Waals surface area contributed by atoms with E-state index in [9.17, 15) is 29.1 Å². The maximum Gasteiger partial charge on any atom is 0.308 e. The second kappa shape index (κ2) is 20.0. The molecule has 0 spiro atoms. The number of aromatic nitrogens is 4. The predicted molar refractivity (Wildman–Crippen MR) is 276 cm³/mol. The molecule has 0 aliphatic carbocycles. The van der Waals surface area contributed by atoms with Crippen LogP contribution in [0.5, 0.6) is 0 Å². The Morgan fingerprint density at radius 3 is 2.29 bits per heavy atom. The van der Waals surface area contributed by atoms with Gasteiger partial charge in [-0.05, 0) is 85.9 Å². The Balaban J connectivity index is 0.881. The number of nitrogens with one attached hydrogen (secondary N) is 2. The van der Waals surface area contributed by atoms with Crippen LogP contribution < -0.4 is 10.6 Å². The fourth-order valence-electron chi connectivity index (χ4n) is 9.83. The van der Waals surface area contributed by atoms with Crippen molar-refractivity contribution in [3.8, 4) is 26.6 Å². The molecule has 6 heterocycles. The van der Waals surface area contributed by atoms with Crippen LogP contribution in [0.1, 0.15) is 113 Å². The van der Waals surface area contributed by atoms with E-state index in [0.29, 0.717) is 30.2 Å². The summed E-state index contributed by atoms with van der Waals surface area (Å²) < 4.78 is 7.04. The summed E-state index contributed by atoms with van der Waals surface area (Å²) in [5.74, 6) is -0.827. The maximum atomic E-state index is 14.4. The molecule has 3 aromatic heterocycles. The molecule has 5 atom stereocenters. The number of amides is 4. The summed E-state index contributed by atoms with van der Waals surface area (Å²) >= 11 is 3.20. The van der Waals surface area contributed by atoms with E-state index in [1.807, 2.05) is 118 Å². The van der Waals surface area contributed by atoms with Crippen LogP contribution in [-0.4, -0.2) is 115 Å². The number of aliphatic hydroxyl groups excluding tert-OH is 1. The molecule has 0 bridgehead atoms. The van der Waals surface area contributed by atoms with Crippen molar-refractivity contribution in [3.05, 3.63) is 128 Å². The lowest BCUT2D eigenvalue weighted by atomic mass is 9.85. The molecule has 0 saturated carbocycles. The number of carbonyl (C=O) groups is 5. The molecule has 3 aliphatic heterocycles. The van der Waals surface area contributed by atoms with Gasteiger partial charge in [0.1, 0.15) is 29.0 Å². The third kappa shape index (κ3) is 9.74. The number of methoxy groups -OCH3 is 1. The van der Waals surface area contributed by atoms with Gasteiger partial charge < -0.3 is 30.3 Å². The van der Waals surface area contributed by atoms with Gasteiger partial charge >= 0.3 is 5.97 Å². The van der Waals surface area contributed by atoms with E-state index in [-0.39, 0.29) is 37.9 Å². The van der Waals surface area contributed by atoms with Crippen LogP contribution in [-0.2, 0) is 30.3 Å². The zero-order chi connectivity index (χ0) is 51.3. The third-order valence-electron chi connectivity index (χ3n) is 14.0. The van der Waals surface area contributed by atoms with Gasteiger partial charge in [0.15, 0.2) is 5.82 Å².